The molecule has 1 heterocycles. The number of hydrogen-bond donors (Lipinski definition) is 1. The Morgan fingerprint density at radius 2 is 1.67 bits per heavy atom. The maximum atomic E-state index is 9.95. The molecule has 1 aliphatic heterocycles. The zero-order valence-electron chi connectivity index (χ0n) is 10.4. The highest BCUT2D eigenvalue weighted by molar-refractivity contribution is 4.94. The summed E-state index contributed by atoms with van der Waals surface area (Å²) in [4.78, 5) is 2.50. The summed E-state index contributed by atoms with van der Waals surface area (Å²) in [6.07, 6.45) is 4.69. The maximum absolute atomic E-state index is 9.95. The van der Waals surface area contributed by atoms with E-state index in [2.05, 4.69) is 25.7 Å². The van der Waals surface area contributed by atoms with Crippen molar-refractivity contribution >= 4 is 0 Å². The maximum Gasteiger partial charge on any atom is 0.0695 e. The van der Waals surface area contributed by atoms with Crippen molar-refractivity contribution in [2.45, 2.75) is 58.6 Å². The van der Waals surface area contributed by atoms with Crippen LogP contribution in [0.2, 0.25) is 0 Å². The summed E-state index contributed by atoms with van der Waals surface area (Å²) in [7, 11) is 0. The van der Waals surface area contributed by atoms with Crippen molar-refractivity contribution < 1.29 is 5.11 Å². The molecule has 0 spiro atoms. The van der Waals surface area contributed by atoms with Crippen molar-refractivity contribution in [2.24, 2.45) is 11.3 Å². The first-order valence-corrected chi connectivity index (χ1v) is 6.40. The Morgan fingerprint density at radius 1 is 1.07 bits per heavy atom. The molecule has 2 rings (SSSR count). The molecule has 15 heavy (non-hydrogen) atoms. The van der Waals surface area contributed by atoms with Gasteiger partial charge in [-0.15, -0.1) is 0 Å². The lowest BCUT2D eigenvalue weighted by Crippen LogP contribution is -2.59. The van der Waals surface area contributed by atoms with Crippen LogP contribution in [0, 0.1) is 11.3 Å². The molecular formula is C13H25NO. The smallest absolute Gasteiger partial charge is 0.0695 e. The van der Waals surface area contributed by atoms with Crippen molar-refractivity contribution in [2.75, 3.05) is 13.1 Å². The zero-order valence-corrected chi connectivity index (χ0v) is 10.4. The van der Waals surface area contributed by atoms with E-state index in [4.69, 9.17) is 0 Å². The average Bonchev–Trinajstić information content (AvgIpc) is 2.03. The summed E-state index contributed by atoms with van der Waals surface area (Å²) in [6.45, 7) is 9.38. The van der Waals surface area contributed by atoms with Crippen LogP contribution in [0.5, 0.6) is 0 Å². The van der Waals surface area contributed by atoms with E-state index in [1.165, 1.54) is 32.4 Å². The molecule has 2 aliphatic rings. The van der Waals surface area contributed by atoms with Gasteiger partial charge in [0.15, 0.2) is 0 Å². The molecule has 0 aromatic heterocycles. The Hall–Kier alpha value is -0.0800. The molecule has 0 bridgehead atoms. The summed E-state index contributed by atoms with van der Waals surface area (Å²) in [5, 5.41) is 9.95. The van der Waals surface area contributed by atoms with Gasteiger partial charge >= 0.3 is 0 Å². The molecule has 88 valence electrons. The van der Waals surface area contributed by atoms with Crippen LogP contribution in [0.4, 0.5) is 0 Å². The second-order valence-electron chi connectivity index (χ2n) is 6.44. The van der Waals surface area contributed by atoms with Gasteiger partial charge in [-0.3, -0.25) is 4.90 Å². The fourth-order valence-electron chi connectivity index (χ4n) is 2.85. The Kier molecular flexibility index (Phi) is 3.09. The molecule has 0 radical (unpaired) electrons. The third-order valence-electron chi connectivity index (χ3n) is 4.30. The molecule has 0 amide bonds. The van der Waals surface area contributed by atoms with Gasteiger partial charge in [0.05, 0.1) is 6.10 Å². The Bertz CT molecular complexity index is 215. The average molecular weight is 211 g/mol. The van der Waals surface area contributed by atoms with Gasteiger partial charge in [-0.2, -0.15) is 0 Å². The minimum absolute atomic E-state index is 0.0559. The lowest BCUT2D eigenvalue weighted by Gasteiger charge is -2.51. The zero-order chi connectivity index (χ0) is 11.1. The summed E-state index contributed by atoms with van der Waals surface area (Å²) < 4.78 is 0. The van der Waals surface area contributed by atoms with Gasteiger partial charge in [0.1, 0.15) is 0 Å². The molecule has 0 aromatic carbocycles. The summed E-state index contributed by atoms with van der Waals surface area (Å²) >= 11 is 0. The van der Waals surface area contributed by atoms with Crippen molar-refractivity contribution in [1.29, 1.82) is 0 Å². The molecule has 1 saturated carbocycles. The third-order valence-corrected chi connectivity index (χ3v) is 4.30. The molecule has 2 nitrogen and oxygen atoms in total. The molecular weight excluding hydrogens is 186 g/mol. The van der Waals surface area contributed by atoms with E-state index < -0.39 is 0 Å². The van der Waals surface area contributed by atoms with Gasteiger partial charge < -0.3 is 5.11 Å². The Labute approximate surface area is 93.7 Å². The van der Waals surface area contributed by atoms with Crippen LogP contribution in [-0.2, 0) is 0 Å². The second kappa shape index (κ2) is 4.06. The minimum Gasteiger partial charge on any atom is -0.391 e. The number of likely N-dealkylation sites (tertiary alicyclic amines) is 1. The van der Waals surface area contributed by atoms with Gasteiger partial charge in [0.25, 0.3) is 0 Å². The highest BCUT2D eigenvalue weighted by Gasteiger charge is 2.41. The first kappa shape index (κ1) is 11.4. The Morgan fingerprint density at radius 3 is 2.20 bits per heavy atom. The SMILES string of the molecule is CC(C)(C)C1CN(C2CCCCC2O)C1. The standard InChI is InChI=1S/C13H25NO/c1-13(2,3)10-8-14(9-10)11-6-4-5-7-12(11)15/h10-12,15H,4-9H2,1-3H3. The molecule has 2 fully saturated rings. The quantitative estimate of drug-likeness (QED) is 0.719. The van der Waals surface area contributed by atoms with E-state index >= 15 is 0 Å². The Balaban J connectivity index is 1.83. The topological polar surface area (TPSA) is 23.5 Å². The normalized spacial score (nSPS) is 35.2. The van der Waals surface area contributed by atoms with E-state index in [-0.39, 0.29) is 6.10 Å². The van der Waals surface area contributed by atoms with Crippen LogP contribution in [0.15, 0.2) is 0 Å². The van der Waals surface area contributed by atoms with Crippen LogP contribution in [0.3, 0.4) is 0 Å². The summed E-state index contributed by atoms with van der Waals surface area (Å²) in [6, 6.07) is 0.470. The third kappa shape index (κ3) is 2.36. The van der Waals surface area contributed by atoms with E-state index in [0.29, 0.717) is 11.5 Å². The van der Waals surface area contributed by atoms with E-state index in [0.717, 1.165) is 12.3 Å². The van der Waals surface area contributed by atoms with E-state index in [1.54, 1.807) is 0 Å². The van der Waals surface area contributed by atoms with Crippen molar-refractivity contribution in [3.63, 3.8) is 0 Å². The number of nitrogens with zero attached hydrogens (tertiary/aromatic N) is 1. The highest BCUT2D eigenvalue weighted by Crippen LogP contribution is 2.37. The van der Waals surface area contributed by atoms with Gasteiger partial charge in [0.2, 0.25) is 0 Å². The molecule has 2 atom stereocenters. The molecule has 0 aromatic rings. The molecule has 1 aliphatic carbocycles. The minimum atomic E-state index is -0.0559. The van der Waals surface area contributed by atoms with Crippen LogP contribution in [-0.4, -0.2) is 35.2 Å². The molecule has 2 heteroatoms. The van der Waals surface area contributed by atoms with Gasteiger partial charge in [-0.05, 0) is 24.2 Å². The summed E-state index contributed by atoms with van der Waals surface area (Å²) in [5.41, 5.74) is 0.441. The van der Waals surface area contributed by atoms with Gasteiger partial charge in [0, 0.05) is 19.1 Å². The monoisotopic (exact) mass is 211 g/mol. The van der Waals surface area contributed by atoms with Crippen molar-refractivity contribution in [3.05, 3.63) is 0 Å². The highest BCUT2D eigenvalue weighted by atomic mass is 16.3. The predicted octanol–water partition coefficient (Wildman–Crippen LogP) is 2.27. The second-order valence-corrected chi connectivity index (χ2v) is 6.44. The largest absolute Gasteiger partial charge is 0.391 e. The first-order valence-electron chi connectivity index (χ1n) is 6.40. The van der Waals surface area contributed by atoms with Gasteiger partial charge in [-0.25, -0.2) is 0 Å². The van der Waals surface area contributed by atoms with Crippen LogP contribution < -0.4 is 0 Å². The van der Waals surface area contributed by atoms with Crippen molar-refractivity contribution in [3.8, 4) is 0 Å². The lowest BCUT2D eigenvalue weighted by molar-refractivity contribution is -0.0638. The molecule has 2 unspecified atom stereocenters. The number of aliphatic hydroxyl groups is 1. The van der Waals surface area contributed by atoms with E-state index in [1.807, 2.05) is 0 Å². The number of rotatable bonds is 1. The molecule has 1 saturated heterocycles. The molecule has 1 N–H and O–H groups in total. The number of hydrogen-bond acceptors (Lipinski definition) is 2. The van der Waals surface area contributed by atoms with Gasteiger partial charge in [-0.1, -0.05) is 33.6 Å². The fourth-order valence-corrected chi connectivity index (χ4v) is 2.85. The number of aliphatic hydroxyl groups excluding tert-OH is 1. The summed E-state index contributed by atoms with van der Waals surface area (Å²) in [5.74, 6) is 0.826. The van der Waals surface area contributed by atoms with E-state index in [9.17, 15) is 5.11 Å². The first-order chi connectivity index (χ1) is 6.98. The van der Waals surface area contributed by atoms with Crippen LogP contribution in [0.1, 0.15) is 46.5 Å². The van der Waals surface area contributed by atoms with Crippen molar-refractivity contribution in [1.82, 2.24) is 4.90 Å². The lowest BCUT2D eigenvalue weighted by atomic mass is 9.74. The van der Waals surface area contributed by atoms with Crippen LogP contribution >= 0.6 is 0 Å². The van der Waals surface area contributed by atoms with Crippen LogP contribution in [0.25, 0.3) is 0 Å². The predicted molar refractivity (Wildman–Crippen MR) is 62.8 cm³/mol. The fraction of sp³-hybridized carbons (Fsp3) is 1.00.